The number of aliphatic hydroxyl groups excluding tert-OH is 1. The SMILES string of the molecule is Cc1ccc(C(=O)N2CC[C@@]3(CO)CCCN(C)[C@@H]3C2)cc1C. The number of fused-ring (bicyclic) bond motifs is 1. The topological polar surface area (TPSA) is 43.8 Å². The first kappa shape index (κ1) is 16.5. The molecule has 0 aliphatic carbocycles. The number of amides is 1. The van der Waals surface area contributed by atoms with Gasteiger partial charge in [-0.05, 0) is 70.0 Å². The molecule has 0 spiro atoms. The third-order valence-electron chi connectivity index (χ3n) is 6.05. The largest absolute Gasteiger partial charge is 0.396 e. The van der Waals surface area contributed by atoms with Crippen molar-refractivity contribution in [2.75, 3.05) is 33.3 Å². The van der Waals surface area contributed by atoms with Crippen LogP contribution in [0.5, 0.6) is 0 Å². The van der Waals surface area contributed by atoms with Crippen LogP contribution in [0.3, 0.4) is 0 Å². The Morgan fingerprint density at radius 1 is 1.26 bits per heavy atom. The van der Waals surface area contributed by atoms with Crippen molar-refractivity contribution >= 4 is 5.91 Å². The zero-order valence-electron chi connectivity index (χ0n) is 14.5. The van der Waals surface area contributed by atoms with Crippen molar-refractivity contribution in [2.45, 2.75) is 39.2 Å². The van der Waals surface area contributed by atoms with Crippen LogP contribution in [0, 0.1) is 19.3 Å². The maximum Gasteiger partial charge on any atom is 0.253 e. The smallest absolute Gasteiger partial charge is 0.253 e. The van der Waals surface area contributed by atoms with E-state index in [4.69, 9.17) is 0 Å². The van der Waals surface area contributed by atoms with Gasteiger partial charge in [0, 0.05) is 30.1 Å². The van der Waals surface area contributed by atoms with Crippen molar-refractivity contribution in [3.63, 3.8) is 0 Å². The van der Waals surface area contributed by atoms with Crippen LogP contribution in [0.4, 0.5) is 0 Å². The molecule has 23 heavy (non-hydrogen) atoms. The van der Waals surface area contributed by atoms with Gasteiger partial charge in [0.15, 0.2) is 0 Å². The van der Waals surface area contributed by atoms with E-state index < -0.39 is 0 Å². The second kappa shape index (κ2) is 6.25. The molecule has 0 unspecified atom stereocenters. The van der Waals surface area contributed by atoms with Gasteiger partial charge >= 0.3 is 0 Å². The molecule has 0 saturated carbocycles. The Labute approximate surface area is 139 Å². The molecule has 1 amide bonds. The summed E-state index contributed by atoms with van der Waals surface area (Å²) < 4.78 is 0. The zero-order chi connectivity index (χ0) is 16.6. The Balaban J connectivity index is 1.80. The lowest BCUT2D eigenvalue weighted by atomic mass is 9.69. The molecule has 126 valence electrons. The number of aryl methyl sites for hydroxylation is 2. The molecule has 3 rings (SSSR count). The van der Waals surface area contributed by atoms with Crippen LogP contribution in [-0.4, -0.2) is 60.1 Å². The number of aliphatic hydroxyl groups is 1. The lowest BCUT2D eigenvalue weighted by Gasteiger charge is -2.53. The van der Waals surface area contributed by atoms with E-state index in [2.05, 4.69) is 18.9 Å². The molecule has 2 aliphatic heterocycles. The highest BCUT2D eigenvalue weighted by Gasteiger charge is 2.47. The normalized spacial score (nSPS) is 28.5. The van der Waals surface area contributed by atoms with Gasteiger partial charge in [-0.1, -0.05) is 6.07 Å². The van der Waals surface area contributed by atoms with Gasteiger partial charge in [0.2, 0.25) is 0 Å². The fourth-order valence-electron chi connectivity index (χ4n) is 4.26. The first-order valence-electron chi connectivity index (χ1n) is 8.64. The standard InChI is InChI=1S/C19H28N2O2/c1-14-5-6-16(11-15(14)2)18(23)21-10-8-19(13-22)7-4-9-20(3)17(19)12-21/h5-6,11,17,22H,4,7-10,12-13H2,1-3H3/t17-,19-/m1/s1. The maximum atomic E-state index is 12.9. The molecule has 2 aliphatic rings. The summed E-state index contributed by atoms with van der Waals surface area (Å²) in [6, 6.07) is 6.22. The van der Waals surface area contributed by atoms with Crippen molar-refractivity contribution in [3.05, 3.63) is 34.9 Å². The molecule has 2 saturated heterocycles. The molecule has 2 heterocycles. The maximum absolute atomic E-state index is 12.9. The minimum Gasteiger partial charge on any atom is -0.396 e. The van der Waals surface area contributed by atoms with Crippen LogP contribution in [0.2, 0.25) is 0 Å². The van der Waals surface area contributed by atoms with E-state index in [0.717, 1.165) is 50.0 Å². The van der Waals surface area contributed by atoms with Gasteiger partial charge < -0.3 is 14.9 Å². The minimum atomic E-state index is -0.0209. The second-order valence-electron chi connectivity index (χ2n) is 7.42. The highest BCUT2D eigenvalue weighted by Crippen LogP contribution is 2.41. The van der Waals surface area contributed by atoms with Gasteiger partial charge in [0.05, 0.1) is 6.61 Å². The Morgan fingerprint density at radius 2 is 2.04 bits per heavy atom. The van der Waals surface area contributed by atoms with Gasteiger partial charge in [0.25, 0.3) is 5.91 Å². The number of carbonyl (C=O) groups is 1. The van der Waals surface area contributed by atoms with E-state index in [1.807, 2.05) is 30.0 Å². The Kier molecular flexibility index (Phi) is 4.47. The highest BCUT2D eigenvalue weighted by molar-refractivity contribution is 5.94. The number of hydrogen-bond acceptors (Lipinski definition) is 3. The van der Waals surface area contributed by atoms with Gasteiger partial charge in [-0.2, -0.15) is 0 Å². The summed E-state index contributed by atoms with van der Waals surface area (Å²) in [4.78, 5) is 17.2. The number of nitrogens with zero attached hydrogens (tertiary/aromatic N) is 2. The summed E-state index contributed by atoms with van der Waals surface area (Å²) >= 11 is 0. The average Bonchev–Trinajstić information content (AvgIpc) is 2.56. The molecule has 0 aromatic heterocycles. The molecule has 1 N–H and O–H groups in total. The summed E-state index contributed by atoms with van der Waals surface area (Å²) in [6.45, 7) is 6.87. The van der Waals surface area contributed by atoms with Crippen LogP contribution in [0.1, 0.15) is 40.7 Å². The third-order valence-corrected chi connectivity index (χ3v) is 6.05. The average molecular weight is 316 g/mol. The number of likely N-dealkylation sites (tertiary alicyclic amines) is 2. The Bertz CT molecular complexity index is 601. The van der Waals surface area contributed by atoms with Crippen LogP contribution in [0.25, 0.3) is 0 Å². The summed E-state index contributed by atoms with van der Waals surface area (Å²) in [6.07, 6.45) is 3.11. The van der Waals surface area contributed by atoms with Gasteiger partial charge in [-0.3, -0.25) is 4.79 Å². The first-order chi connectivity index (χ1) is 11.0. The molecule has 4 heteroatoms. The fourth-order valence-corrected chi connectivity index (χ4v) is 4.26. The van der Waals surface area contributed by atoms with Gasteiger partial charge in [0.1, 0.15) is 0 Å². The zero-order valence-corrected chi connectivity index (χ0v) is 14.5. The number of carbonyl (C=O) groups excluding carboxylic acids is 1. The number of piperidine rings is 2. The van der Waals surface area contributed by atoms with E-state index in [-0.39, 0.29) is 24.0 Å². The fraction of sp³-hybridized carbons (Fsp3) is 0.632. The summed E-state index contributed by atoms with van der Waals surface area (Å²) in [5.74, 6) is 0.124. The predicted octanol–water partition coefficient (Wildman–Crippen LogP) is 2.22. The van der Waals surface area contributed by atoms with Crippen molar-refractivity contribution < 1.29 is 9.90 Å². The van der Waals surface area contributed by atoms with Crippen molar-refractivity contribution in [3.8, 4) is 0 Å². The number of hydrogen-bond donors (Lipinski definition) is 1. The molecule has 0 bridgehead atoms. The number of rotatable bonds is 2. The molecule has 1 aromatic carbocycles. The second-order valence-corrected chi connectivity index (χ2v) is 7.42. The van der Waals surface area contributed by atoms with Crippen LogP contribution < -0.4 is 0 Å². The Morgan fingerprint density at radius 3 is 2.74 bits per heavy atom. The van der Waals surface area contributed by atoms with Crippen molar-refractivity contribution in [1.82, 2.24) is 9.80 Å². The van der Waals surface area contributed by atoms with E-state index in [1.165, 1.54) is 5.56 Å². The number of benzene rings is 1. The molecular weight excluding hydrogens is 288 g/mol. The highest BCUT2D eigenvalue weighted by atomic mass is 16.3. The van der Waals surface area contributed by atoms with E-state index in [9.17, 15) is 9.90 Å². The molecule has 1 aromatic rings. The minimum absolute atomic E-state index is 0.0209. The summed E-state index contributed by atoms with van der Waals surface area (Å²) in [7, 11) is 2.12. The molecule has 4 nitrogen and oxygen atoms in total. The van der Waals surface area contributed by atoms with Crippen LogP contribution in [0.15, 0.2) is 18.2 Å². The molecule has 0 radical (unpaired) electrons. The van der Waals surface area contributed by atoms with E-state index in [1.54, 1.807) is 0 Å². The lowest BCUT2D eigenvalue weighted by Crippen LogP contribution is -2.62. The van der Waals surface area contributed by atoms with E-state index in [0.29, 0.717) is 0 Å². The van der Waals surface area contributed by atoms with Gasteiger partial charge in [-0.15, -0.1) is 0 Å². The molecule has 2 fully saturated rings. The van der Waals surface area contributed by atoms with Crippen molar-refractivity contribution in [2.24, 2.45) is 5.41 Å². The summed E-state index contributed by atoms with van der Waals surface area (Å²) in [5, 5.41) is 9.97. The quantitative estimate of drug-likeness (QED) is 0.910. The predicted molar refractivity (Wildman–Crippen MR) is 91.6 cm³/mol. The van der Waals surface area contributed by atoms with E-state index >= 15 is 0 Å². The summed E-state index contributed by atoms with van der Waals surface area (Å²) in [5.41, 5.74) is 3.13. The molecular formula is C19H28N2O2. The van der Waals surface area contributed by atoms with Crippen molar-refractivity contribution in [1.29, 1.82) is 0 Å². The third kappa shape index (κ3) is 2.90. The van der Waals surface area contributed by atoms with Crippen LogP contribution in [-0.2, 0) is 0 Å². The van der Waals surface area contributed by atoms with Crippen LogP contribution >= 0.6 is 0 Å². The monoisotopic (exact) mass is 316 g/mol. The Hall–Kier alpha value is -1.39. The molecule has 2 atom stereocenters. The number of likely N-dealkylation sites (N-methyl/N-ethyl adjacent to an activating group) is 1. The lowest BCUT2D eigenvalue weighted by molar-refractivity contribution is -0.0601. The first-order valence-corrected chi connectivity index (χ1v) is 8.64. The van der Waals surface area contributed by atoms with Gasteiger partial charge in [-0.25, -0.2) is 0 Å².